The standard InChI is InChI=1S/C17H35N3O2S/c1-6-14-8-7-9-15(12-14)20-16(18-4)19-13-17(2,3)10-11-23(5,21)22/h14-15H,6-13H2,1-5H3,(H2,18,19,20). The summed E-state index contributed by atoms with van der Waals surface area (Å²) < 4.78 is 22.7. The second kappa shape index (κ2) is 8.90. The summed E-state index contributed by atoms with van der Waals surface area (Å²) in [6.45, 7) is 7.16. The molecule has 2 N–H and O–H groups in total. The van der Waals surface area contributed by atoms with Gasteiger partial charge in [0.25, 0.3) is 0 Å². The van der Waals surface area contributed by atoms with Gasteiger partial charge in [0.15, 0.2) is 5.96 Å². The van der Waals surface area contributed by atoms with E-state index in [-0.39, 0.29) is 11.2 Å². The molecule has 2 atom stereocenters. The summed E-state index contributed by atoms with van der Waals surface area (Å²) in [6.07, 6.45) is 8.25. The van der Waals surface area contributed by atoms with Crippen LogP contribution in [0.3, 0.4) is 0 Å². The normalized spacial score (nSPS) is 23.6. The van der Waals surface area contributed by atoms with Gasteiger partial charge < -0.3 is 10.6 Å². The third kappa shape index (κ3) is 8.58. The minimum Gasteiger partial charge on any atom is -0.356 e. The lowest BCUT2D eigenvalue weighted by molar-refractivity contribution is 0.296. The lowest BCUT2D eigenvalue weighted by Crippen LogP contribution is -2.47. The molecule has 0 bridgehead atoms. The number of rotatable bonds is 7. The summed E-state index contributed by atoms with van der Waals surface area (Å²) in [5.74, 6) is 1.89. The summed E-state index contributed by atoms with van der Waals surface area (Å²) in [5.41, 5.74) is -0.0841. The molecule has 0 radical (unpaired) electrons. The average molecular weight is 346 g/mol. The third-order valence-corrected chi connectivity index (χ3v) is 5.75. The maximum Gasteiger partial charge on any atom is 0.191 e. The molecule has 0 aliphatic heterocycles. The zero-order valence-corrected chi connectivity index (χ0v) is 16.3. The van der Waals surface area contributed by atoms with E-state index >= 15 is 0 Å². The predicted octanol–water partition coefficient (Wildman–Crippen LogP) is 2.58. The van der Waals surface area contributed by atoms with E-state index in [9.17, 15) is 8.42 Å². The Morgan fingerprint density at radius 3 is 2.57 bits per heavy atom. The van der Waals surface area contributed by atoms with E-state index in [4.69, 9.17) is 0 Å². The Morgan fingerprint density at radius 2 is 2.00 bits per heavy atom. The first-order valence-corrected chi connectivity index (χ1v) is 10.9. The van der Waals surface area contributed by atoms with Crippen molar-refractivity contribution in [3.05, 3.63) is 0 Å². The minimum atomic E-state index is -2.91. The maximum absolute atomic E-state index is 11.3. The molecule has 0 aromatic heterocycles. The van der Waals surface area contributed by atoms with Gasteiger partial charge in [0.05, 0.1) is 5.75 Å². The quantitative estimate of drug-likeness (QED) is 0.549. The van der Waals surface area contributed by atoms with Gasteiger partial charge in [-0.3, -0.25) is 4.99 Å². The number of hydrogen-bond acceptors (Lipinski definition) is 3. The molecular formula is C17H35N3O2S. The highest BCUT2D eigenvalue weighted by molar-refractivity contribution is 7.90. The van der Waals surface area contributed by atoms with Crippen molar-refractivity contribution in [2.24, 2.45) is 16.3 Å². The van der Waals surface area contributed by atoms with Crippen LogP contribution in [-0.4, -0.2) is 46.0 Å². The Kier molecular flexibility index (Phi) is 7.84. The zero-order valence-electron chi connectivity index (χ0n) is 15.5. The second-order valence-electron chi connectivity index (χ2n) is 7.75. The van der Waals surface area contributed by atoms with Gasteiger partial charge in [-0.1, -0.05) is 40.0 Å². The van der Waals surface area contributed by atoms with E-state index in [1.165, 1.54) is 38.4 Å². The first-order valence-electron chi connectivity index (χ1n) is 8.80. The van der Waals surface area contributed by atoms with Crippen LogP contribution in [0.1, 0.15) is 59.3 Å². The SMILES string of the molecule is CCC1CCCC(NC(=NC)NCC(C)(C)CCS(C)(=O)=O)C1. The molecule has 0 heterocycles. The van der Waals surface area contributed by atoms with Crippen molar-refractivity contribution < 1.29 is 8.42 Å². The number of aliphatic imine (C=N–C) groups is 1. The van der Waals surface area contributed by atoms with Crippen molar-refractivity contribution in [3.63, 3.8) is 0 Å². The fourth-order valence-electron chi connectivity index (χ4n) is 3.05. The molecule has 2 unspecified atom stereocenters. The summed E-state index contributed by atoms with van der Waals surface area (Å²) in [5, 5.41) is 6.91. The van der Waals surface area contributed by atoms with E-state index in [1.54, 1.807) is 7.05 Å². The van der Waals surface area contributed by atoms with Crippen LogP contribution < -0.4 is 10.6 Å². The lowest BCUT2D eigenvalue weighted by Gasteiger charge is -2.31. The highest BCUT2D eigenvalue weighted by atomic mass is 32.2. The van der Waals surface area contributed by atoms with E-state index in [0.29, 0.717) is 19.0 Å². The third-order valence-electron chi connectivity index (χ3n) is 4.81. The van der Waals surface area contributed by atoms with E-state index in [0.717, 1.165) is 11.9 Å². The zero-order chi connectivity index (χ0) is 17.5. The van der Waals surface area contributed by atoms with Crippen molar-refractivity contribution in [1.29, 1.82) is 0 Å². The van der Waals surface area contributed by atoms with E-state index in [1.807, 2.05) is 0 Å². The number of nitrogens with zero attached hydrogens (tertiary/aromatic N) is 1. The number of nitrogens with one attached hydrogen (secondary N) is 2. The molecule has 1 rings (SSSR count). The molecule has 5 nitrogen and oxygen atoms in total. The molecule has 1 saturated carbocycles. The van der Waals surface area contributed by atoms with Crippen molar-refractivity contribution in [2.45, 2.75) is 65.3 Å². The first kappa shape index (κ1) is 20.3. The maximum atomic E-state index is 11.3. The van der Waals surface area contributed by atoms with Gasteiger partial charge >= 0.3 is 0 Å². The van der Waals surface area contributed by atoms with E-state index < -0.39 is 9.84 Å². The van der Waals surface area contributed by atoms with Gasteiger partial charge in [0, 0.05) is 25.9 Å². The Hall–Kier alpha value is -0.780. The van der Waals surface area contributed by atoms with Crippen LogP contribution in [0, 0.1) is 11.3 Å². The van der Waals surface area contributed by atoms with Gasteiger partial charge in [-0.15, -0.1) is 0 Å². The monoisotopic (exact) mass is 345 g/mol. The highest BCUT2D eigenvalue weighted by Gasteiger charge is 2.23. The molecular weight excluding hydrogens is 310 g/mol. The topological polar surface area (TPSA) is 70.6 Å². The molecule has 1 aliphatic carbocycles. The molecule has 23 heavy (non-hydrogen) atoms. The number of hydrogen-bond donors (Lipinski definition) is 2. The van der Waals surface area contributed by atoms with Crippen molar-refractivity contribution >= 4 is 15.8 Å². The summed E-state index contributed by atoms with van der Waals surface area (Å²) in [4.78, 5) is 4.32. The molecule has 136 valence electrons. The molecule has 0 saturated heterocycles. The van der Waals surface area contributed by atoms with Crippen LogP contribution in [-0.2, 0) is 9.84 Å². The van der Waals surface area contributed by atoms with Crippen LogP contribution in [0.15, 0.2) is 4.99 Å². The smallest absolute Gasteiger partial charge is 0.191 e. The largest absolute Gasteiger partial charge is 0.356 e. The van der Waals surface area contributed by atoms with Gasteiger partial charge in [0.2, 0.25) is 0 Å². The summed E-state index contributed by atoms with van der Waals surface area (Å²) >= 11 is 0. The molecule has 0 amide bonds. The highest BCUT2D eigenvalue weighted by Crippen LogP contribution is 2.26. The Balaban J connectivity index is 2.44. The van der Waals surface area contributed by atoms with Crippen molar-refractivity contribution in [1.82, 2.24) is 10.6 Å². The van der Waals surface area contributed by atoms with Crippen LogP contribution >= 0.6 is 0 Å². The molecule has 6 heteroatoms. The fraction of sp³-hybridized carbons (Fsp3) is 0.941. The summed E-state index contributed by atoms with van der Waals surface area (Å²) in [6, 6.07) is 0.499. The lowest BCUT2D eigenvalue weighted by atomic mass is 9.84. The Bertz CT molecular complexity index is 486. The molecule has 0 spiro atoms. The Labute approximate surface area is 142 Å². The van der Waals surface area contributed by atoms with Crippen molar-refractivity contribution in [3.8, 4) is 0 Å². The molecule has 1 aliphatic rings. The van der Waals surface area contributed by atoms with Crippen molar-refractivity contribution in [2.75, 3.05) is 25.6 Å². The molecule has 1 fully saturated rings. The first-order chi connectivity index (χ1) is 10.6. The van der Waals surface area contributed by atoms with Gasteiger partial charge in [-0.25, -0.2) is 8.42 Å². The van der Waals surface area contributed by atoms with Gasteiger partial charge in [0.1, 0.15) is 9.84 Å². The minimum absolute atomic E-state index is 0.0841. The summed E-state index contributed by atoms with van der Waals surface area (Å²) in [7, 11) is -1.12. The van der Waals surface area contributed by atoms with Gasteiger partial charge in [-0.05, 0) is 30.6 Å². The average Bonchev–Trinajstić information content (AvgIpc) is 2.49. The number of sulfone groups is 1. The second-order valence-corrected chi connectivity index (χ2v) is 10.0. The Morgan fingerprint density at radius 1 is 1.30 bits per heavy atom. The van der Waals surface area contributed by atoms with Crippen LogP contribution in [0.2, 0.25) is 0 Å². The van der Waals surface area contributed by atoms with E-state index in [2.05, 4.69) is 36.4 Å². The van der Waals surface area contributed by atoms with Gasteiger partial charge in [-0.2, -0.15) is 0 Å². The van der Waals surface area contributed by atoms with Crippen LogP contribution in [0.5, 0.6) is 0 Å². The van der Waals surface area contributed by atoms with Crippen LogP contribution in [0.4, 0.5) is 0 Å². The number of guanidine groups is 1. The predicted molar refractivity (Wildman–Crippen MR) is 98.6 cm³/mol. The molecule has 0 aromatic rings. The fourth-order valence-corrected chi connectivity index (χ4v) is 3.98. The molecule has 0 aromatic carbocycles. The van der Waals surface area contributed by atoms with Crippen LogP contribution in [0.25, 0.3) is 0 Å².